The van der Waals surface area contributed by atoms with Crippen LogP contribution in [0.1, 0.15) is 16.7 Å². The Morgan fingerprint density at radius 2 is 1.67 bits per heavy atom. The van der Waals surface area contributed by atoms with Crippen molar-refractivity contribution < 1.29 is 18.1 Å². The maximum absolute atomic E-state index is 12.6. The molecule has 2 aromatic carbocycles. The van der Waals surface area contributed by atoms with Crippen LogP contribution >= 0.6 is 0 Å². The Balaban J connectivity index is 2.40. The van der Waals surface area contributed by atoms with Gasteiger partial charge in [-0.2, -0.15) is 13.2 Å². The Bertz CT molecular complexity index is 679. The minimum absolute atomic E-state index is 0.122. The average Bonchev–Trinajstić information content (AvgIpc) is 2.45. The van der Waals surface area contributed by atoms with Crippen LogP contribution in [0.2, 0.25) is 0 Å². The van der Waals surface area contributed by atoms with Crippen molar-refractivity contribution in [3.8, 4) is 0 Å². The number of nitrogens with zero attached hydrogens (tertiary/aromatic N) is 1. The number of nitro benzene ring substituents is 1. The van der Waals surface area contributed by atoms with E-state index in [0.29, 0.717) is 6.07 Å². The van der Waals surface area contributed by atoms with E-state index in [2.05, 4.69) is 0 Å². The zero-order valence-electron chi connectivity index (χ0n) is 10.7. The zero-order chi connectivity index (χ0) is 15.5. The second kappa shape index (κ2) is 5.78. The van der Waals surface area contributed by atoms with Gasteiger partial charge >= 0.3 is 6.18 Å². The van der Waals surface area contributed by atoms with Gasteiger partial charge < -0.3 is 0 Å². The lowest BCUT2D eigenvalue weighted by Gasteiger charge is -2.07. The molecular weight excluding hydrogens is 283 g/mol. The lowest BCUT2D eigenvalue weighted by molar-refractivity contribution is -0.385. The fourth-order valence-electron chi connectivity index (χ4n) is 1.77. The molecule has 0 heterocycles. The van der Waals surface area contributed by atoms with Crippen LogP contribution in [0.4, 0.5) is 18.9 Å². The molecule has 0 aliphatic carbocycles. The first kappa shape index (κ1) is 14.8. The van der Waals surface area contributed by atoms with E-state index in [9.17, 15) is 23.3 Å². The predicted molar refractivity (Wildman–Crippen MR) is 73.5 cm³/mol. The number of alkyl halides is 3. The second-order valence-electron chi connectivity index (χ2n) is 4.27. The van der Waals surface area contributed by atoms with E-state index >= 15 is 0 Å². The van der Waals surface area contributed by atoms with E-state index in [4.69, 9.17) is 0 Å². The molecular formula is C15H10F3NO2. The lowest BCUT2D eigenvalue weighted by Crippen LogP contribution is -2.06. The van der Waals surface area contributed by atoms with Gasteiger partial charge in [0.25, 0.3) is 5.69 Å². The van der Waals surface area contributed by atoms with E-state index in [1.165, 1.54) is 6.08 Å². The van der Waals surface area contributed by atoms with Crippen LogP contribution in [-0.4, -0.2) is 4.92 Å². The standard InChI is InChI=1S/C15H10F3NO2/c16-15(17,18)13-9-8-12(14(10-13)19(20)21)7-6-11-4-2-1-3-5-11/h1-10H/b7-6+. The molecule has 0 spiro atoms. The van der Waals surface area contributed by atoms with E-state index in [1.807, 2.05) is 6.07 Å². The predicted octanol–water partition coefficient (Wildman–Crippen LogP) is 4.78. The third-order valence-corrected chi connectivity index (χ3v) is 2.81. The van der Waals surface area contributed by atoms with Crippen LogP contribution in [0.3, 0.4) is 0 Å². The van der Waals surface area contributed by atoms with Gasteiger partial charge in [-0.25, -0.2) is 0 Å². The summed E-state index contributed by atoms with van der Waals surface area (Å²) in [6.07, 6.45) is -1.57. The Kier molecular flexibility index (Phi) is 4.07. The third-order valence-electron chi connectivity index (χ3n) is 2.81. The van der Waals surface area contributed by atoms with Gasteiger partial charge in [0.1, 0.15) is 0 Å². The van der Waals surface area contributed by atoms with Crippen molar-refractivity contribution in [3.05, 3.63) is 75.3 Å². The summed E-state index contributed by atoms with van der Waals surface area (Å²) < 4.78 is 37.7. The van der Waals surface area contributed by atoms with Gasteiger partial charge in [-0.3, -0.25) is 10.1 Å². The van der Waals surface area contributed by atoms with Crippen molar-refractivity contribution in [1.82, 2.24) is 0 Å². The summed E-state index contributed by atoms with van der Waals surface area (Å²) in [5.41, 5.74) is -0.688. The molecule has 2 aromatic rings. The van der Waals surface area contributed by atoms with Gasteiger partial charge in [-0.05, 0) is 23.8 Å². The lowest BCUT2D eigenvalue weighted by atomic mass is 10.1. The second-order valence-corrected chi connectivity index (χ2v) is 4.27. The van der Waals surface area contributed by atoms with Gasteiger partial charge in [0.2, 0.25) is 0 Å². The molecule has 0 atom stereocenters. The Morgan fingerprint density at radius 3 is 2.24 bits per heavy atom. The summed E-state index contributed by atoms with van der Waals surface area (Å²) in [5.74, 6) is 0. The molecule has 6 heteroatoms. The molecule has 0 unspecified atom stereocenters. The van der Waals surface area contributed by atoms with Crippen LogP contribution in [0, 0.1) is 10.1 Å². The van der Waals surface area contributed by atoms with Crippen LogP contribution in [0.25, 0.3) is 12.2 Å². The SMILES string of the molecule is O=[N+]([O-])c1cc(C(F)(F)F)ccc1/C=C/c1ccccc1. The van der Waals surface area contributed by atoms with Crippen LogP contribution in [-0.2, 0) is 6.18 Å². The zero-order valence-corrected chi connectivity index (χ0v) is 10.7. The monoisotopic (exact) mass is 293 g/mol. The largest absolute Gasteiger partial charge is 0.416 e. The first-order valence-corrected chi connectivity index (χ1v) is 5.97. The quantitative estimate of drug-likeness (QED) is 0.464. The molecule has 0 amide bonds. The minimum Gasteiger partial charge on any atom is -0.258 e. The highest BCUT2D eigenvalue weighted by atomic mass is 19.4. The van der Waals surface area contributed by atoms with Crippen LogP contribution < -0.4 is 0 Å². The van der Waals surface area contributed by atoms with Gasteiger partial charge in [-0.1, -0.05) is 36.4 Å². The topological polar surface area (TPSA) is 43.1 Å². The summed E-state index contributed by atoms with van der Waals surface area (Å²) in [7, 11) is 0. The molecule has 0 aromatic heterocycles. The fourth-order valence-corrected chi connectivity index (χ4v) is 1.77. The average molecular weight is 293 g/mol. The van der Waals surface area contributed by atoms with Crippen molar-refractivity contribution >= 4 is 17.8 Å². The molecule has 0 aliphatic rings. The molecule has 0 aliphatic heterocycles. The van der Waals surface area contributed by atoms with E-state index in [0.717, 1.165) is 17.7 Å². The Hall–Kier alpha value is -2.63. The molecule has 108 valence electrons. The summed E-state index contributed by atoms with van der Waals surface area (Å²) in [5, 5.41) is 10.9. The summed E-state index contributed by atoms with van der Waals surface area (Å²) in [6, 6.07) is 11.4. The van der Waals surface area contributed by atoms with Gasteiger partial charge in [0.05, 0.1) is 16.1 Å². The highest BCUT2D eigenvalue weighted by molar-refractivity contribution is 5.74. The first-order valence-electron chi connectivity index (χ1n) is 5.97. The molecule has 0 bridgehead atoms. The molecule has 0 N–H and O–H groups in total. The van der Waals surface area contributed by atoms with Gasteiger partial charge in [0, 0.05) is 6.07 Å². The summed E-state index contributed by atoms with van der Waals surface area (Å²) in [6.45, 7) is 0. The summed E-state index contributed by atoms with van der Waals surface area (Å²) in [4.78, 5) is 10.1. The van der Waals surface area contributed by atoms with Gasteiger partial charge in [0.15, 0.2) is 0 Å². The highest BCUT2D eigenvalue weighted by Gasteiger charge is 2.32. The molecule has 2 rings (SSSR count). The van der Waals surface area contributed by atoms with E-state index in [1.54, 1.807) is 30.3 Å². The number of benzene rings is 2. The number of hydrogen-bond donors (Lipinski definition) is 0. The number of nitro groups is 1. The molecule has 0 saturated carbocycles. The fraction of sp³-hybridized carbons (Fsp3) is 0.0667. The maximum atomic E-state index is 12.6. The van der Waals surface area contributed by atoms with Crippen molar-refractivity contribution in [2.75, 3.05) is 0 Å². The molecule has 21 heavy (non-hydrogen) atoms. The molecule has 3 nitrogen and oxygen atoms in total. The smallest absolute Gasteiger partial charge is 0.258 e. The number of rotatable bonds is 3. The van der Waals surface area contributed by atoms with Crippen molar-refractivity contribution in [1.29, 1.82) is 0 Å². The maximum Gasteiger partial charge on any atom is 0.416 e. The van der Waals surface area contributed by atoms with E-state index in [-0.39, 0.29) is 5.56 Å². The normalized spacial score (nSPS) is 11.8. The highest BCUT2D eigenvalue weighted by Crippen LogP contribution is 2.33. The molecule has 0 radical (unpaired) electrons. The minimum atomic E-state index is -4.60. The molecule has 0 saturated heterocycles. The third kappa shape index (κ3) is 3.68. The van der Waals surface area contributed by atoms with Crippen molar-refractivity contribution in [2.24, 2.45) is 0 Å². The van der Waals surface area contributed by atoms with Gasteiger partial charge in [-0.15, -0.1) is 0 Å². The summed E-state index contributed by atoms with van der Waals surface area (Å²) >= 11 is 0. The van der Waals surface area contributed by atoms with E-state index < -0.39 is 22.4 Å². The Labute approximate surface area is 118 Å². The first-order chi connectivity index (χ1) is 9.88. The Morgan fingerprint density at radius 1 is 1.00 bits per heavy atom. The van der Waals surface area contributed by atoms with Crippen molar-refractivity contribution in [2.45, 2.75) is 6.18 Å². The number of halogens is 3. The van der Waals surface area contributed by atoms with Crippen LogP contribution in [0.15, 0.2) is 48.5 Å². The van der Waals surface area contributed by atoms with Crippen molar-refractivity contribution in [3.63, 3.8) is 0 Å². The number of hydrogen-bond acceptors (Lipinski definition) is 2. The van der Waals surface area contributed by atoms with Crippen LogP contribution in [0.5, 0.6) is 0 Å². The molecule has 0 fully saturated rings.